The highest BCUT2D eigenvalue weighted by Gasteiger charge is 2.14. The highest BCUT2D eigenvalue weighted by molar-refractivity contribution is 6.37. The van der Waals surface area contributed by atoms with Crippen molar-refractivity contribution in [3.63, 3.8) is 0 Å². The number of nitrogens with zero attached hydrogens (tertiary/aromatic N) is 2. The molecule has 0 fully saturated rings. The summed E-state index contributed by atoms with van der Waals surface area (Å²) in [6.45, 7) is 5.08. The van der Waals surface area contributed by atoms with E-state index in [1.165, 1.54) is 25.1 Å². The number of aromatic nitrogens is 2. The number of benzene rings is 1. The van der Waals surface area contributed by atoms with E-state index in [2.05, 4.69) is 20.7 Å². The van der Waals surface area contributed by atoms with Gasteiger partial charge in [-0.1, -0.05) is 37.0 Å². The molecule has 0 aliphatic rings. The molecule has 0 bridgehead atoms. The normalized spacial score (nSPS) is 11.5. The van der Waals surface area contributed by atoms with E-state index in [-0.39, 0.29) is 38.9 Å². The zero-order valence-electron chi connectivity index (χ0n) is 14.1. The first-order chi connectivity index (χ1) is 12.2. The second kappa shape index (κ2) is 8.20. The molecule has 1 heterocycles. The number of aromatic amines is 1. The average Bonchev–Trinajstić information content (AvgIpc) is 2.56. The van der Waals surface area contributed by atoms with Gasteiger partial charge in [-0.15, -0.1) is 5.10 Å². The van der Waals surface area contributed by atoms with E-state index in [1.54, 1.807) is 0 Å². The van der Waals surface area contributed by atoms with Gasteiger partial charge in [0.1, 0.15) is 5.71 Å². The van der Waals surface area contributed by atoms with Crippen LogP contribution in [0.4, 0.5) is 5.69 Å². The Morgan fingerprint density at radius 3 is 2.46 bits per heavy atom. The molecule has 0 saturated carbocycles. The van der Waals surface area contributed by atoms with Crippen LogP contribution in [0.2, 0.25) is 10.0 Å². The van der Waals surface area contributed by atoms with Crippen molar-refractivity contribution in [2.24, 2.45) is 5.10 Å². The molecule has 0 saturated heterocycles. The van der Waals surface area contributed by atoms with Crippen molar-refractivity contribution in [2.45, 2.75) is 26.7 Å². The molecule has 138 valence electrons. The van der Waals surface area contributed by atoms with Crippen molar-refractivity contribution in [3.8, 4) is 11.6 Å². The number of hydrogen-bond acceptors (Lipinski definition) is 6. The summed E-state index contributed by atoms with van der Waals surface area (Å²) < 4.78 is 5.60. The highest BCUT2D eigenvalue weighted by atomic mass is 35.5. The fraction of sp³-hybridized carbons (Fsp3) is 0.250. The maximum Gasteiger partial charge on any atom is 0.351 e. The summed E-state index contributed by atoms with van der Waals surface area (Å²) in [7, 11) is 0. The van der Waals surface area contributed by atoms with Crippen LogP contribution in [0.25, 0.3) is 0 Å². The molecule has 0 aliphatic heterocycles. The maximum absolute atomic E-state index is 11.7. The van der Waals surface area contributed by atoms with Gasteiger partial charge in [0.15, 0.2) is 5.75 Å². The standard InChI is InChI=1S/C16H16Cl2N4O4/c1-7(2)10-6-13(21-22-15(10)23)26-14-11(17)4-9(5-12(14)18)20-19-8(3)16(24)25/h4-7,20H,1-3H3,(H,22,23)(H,24,25)/b19-8-. The first kappa shape index (κ1) is 19.7. The molecule has 0 spiro atoms. The molecule has 1 aromatic heterocycles. The van der Waals surface area contributed by atoms with Crippen LogP contribution in [0.5, 0.6) is 11.6 Å². The van der Waals surface area contributed by atoms with Crippen molar-refractivity contribution < 1.29 is 14.6 Å². The van der Waals surface area contributed by atoms with Gasteiger partial charge in [-0.3, -0.25) is 10.2 Å². The Bertz CT molecular complexity index is 902. The Kier molecular flexibility index (Phi) is 6.23. The third-order valence-electron chi connectivity index (χ3n) is 3.30. The lowest BCUT2D eigenvalue weighted by Gasteiger charge is -2.12. The van der Waals surface area contributed by atoms with Crippen LogP contribution in [0.3, 0.4) is 0 Å². The number of hydrogen-bond donors (Lipinski definition) is 3. The second-order valence-electron chi connectivity index (χ2n) is 5.63. The van der Waals surface area contributed by atoms with Crippen LogP contribution in [0, 0.1) is 0 Å². The summed E-state index contributed by atoms with van der Waals surface area (Å²) in [4.78, 5) is 22.5. The minimum atomic E-state index is -1.15. The maximum atomic E-state index is 11.7. The fourth-order valence-corrected chi connectivity index (χ4v) is 2.47. The predicted octanol–water partition coefficient (Wildman–Crippen LogP) is 3.86. The number of carbonyl (C=O) groups is 1. The van der Waals surface area contributed by atoms with Gasteiger partial charge in [-0.2, -0.15) is 5.10 Å². The van der Waals surface area contributed by atoms with E-state index < -0.39 is 5.97 Å². The molecule has 2 rings (SSSR count). The minimum Gasteiger partial charge on any atom is -0.477 e. The molecule has 0 unspecified atom stereocenters. The smallest absolute Gasteiger partial charge is 0.351 e. The summed E-state index contributed by atoms with van der Waals surface area (Å²) in [5.74, 6) is -0.888. The molecule has 26 heavy (non-hydrogen) atoms. The van der Waals surface area contributed by atoms with Crippen molar-refractivity contribution in [1.29, 1.82) is 0 Å². The molecular weight excluding hydrogens is 383 g/mol. The van der Waals surface area contributed by atoms with Crippen LogP contribution in [0.15, 0.2) is 28.1 Å². The van der Waals surface area contributed by atoms with Gasteiger partial charge in [0.05, 0.1) is 15.7 Å². The summed E-state index contributed by atoms with van der Waals surface area (Å²) in [5.41, 5.74) is 3.02. The van der Waals surface area contributed by atoms with Crippen LogP contribution >= 0.6 is 23.2 Å². The van der Waals surface area contributed by atoms with Crippen molar-refractivity contribution in [1.82, 2.24) is 10.2 Å². The quantitative estimate of drug-likeness (QED) is 0.502. The van der Waals surface area contributed by atoms with Gasteiger partial charge in [0.2, 0.25) is 5.88 Å². The molecule has 8 nitrogen and oxygen atoms in total. The third kappa shape index (κ3) is 4.74. The van der Waals surface area contributed by atoms with Crippen molar-refractivity contribution in [2.75, 3.05) is 5.43 Å². The van der Waals surface area contributed by atoms with E-state index in [0.717, 1.165) is 0 Å². The van der Waals surface area contributed by atoms with E-state index in [0.29, 0.717) is 11.3 Å². The van der Waals surface area contributed by atoms with Crippen molar-refractivity contribution in [3.05, 3.63) is 44.2 Å². The number of nitrogens with one attached hydrogen (secondary N) is 2. The monoisotopic (exact) mass is 398 g/mol. The summed E-state index contributed by atoms with van der Waals surface area (Å²) >= 11 is 12.4. The number of H-pyrrole nitrogens is 1. The molecular formula is C16H16Cl2N4O4. The Labute approximate surface area is 158 Å². The van der Waals surface area contributed by atoms with E-state index in [9.17, 15) is 9.59 Å². The van der Waals surface area contributed by atoms with Gasteiger partial charge >= 0.3 is 5.97 Å². The Morgan fingerprint density at radius 2 is 1.92 bits per heavy atom. The van der Waals surface area contributed by atoms with E-state index >= 15 is 0 Å². The number of aliphatic carboxylic acids is 1. The summed E-state index contributed by atoms with van der Waals surface area (Å²) in [5, 5.41) is 19.0. The van der Waals surface area contributed by atoms with Gasteiger partial charge in [-0.05, 0) is 25.0 Å². The molecule has 0 atom stereocenters. The van der Waals surface area contributed by atoms with Crippen LogP contribution in [0.1, 0.15) is 32.3 Å². The summed E-state index contributed by atoms with van der Waals surface area (Å²) in [6, 6.07) is 4.45. The molecule has 0 amide bonds. The lowest BCUT2D eigenvalue weighted by atomic mass is 10.1. The molecule has 0 radical (unpaired) electrons. The lowest BCUT2D eigenvalue weighted by molar-refractivity contribution is -0.129. The SMILES string of the molecule is C/C(=N/Nc1cc(Cl)c(Oc2cc(C(C)C)c(=O)[nH]n2)c(Cl)c1)C(=O)O. The molecule has 0 aliphatic carbocycles. The number of carboxylic acids is 1. The fourth-order valence-electron chi connectivity index (χ4n) is 1.91. The molecule has 10 heteroatoms. The third-order valence-corrected chi connectivity index (χ3v) is 3.86. The second-order valence-corrected chi connectivity index (χ2v) is 6.44. The zero-order chi connectivity index (χ0) is 19.4. The Hall–Kier alpha value is -2.58. The molecule has 1 aromatic carbocycles. The van der Waals surface area contributed by atoms with E-state index in [4.69, 9.17) is 33.0 Å². The lowest BCUT2D eigenvalue weighted by Crippen LogP contribution is -2.15. The first-order valence-corrected chi connectivity index (χ1v) is 8.24. The van der Waals surface area contributed by atoms with Crippen LogP contribution in [-0.4, -0.2) is 27.0 Å². The molecule has 3 N–H and O–H groups in total. The Balaban J connectivity index is 2.29. The van der Waals surface area contributed by atoms with Gasteiger partial charge in [-0.25, -0.2) is 9.89 Å². The van der Waals surface area contributed by atoms with Gasteiger partial charge < -0.3 is 9.84 Å². The highest BCUT2D eigenvalue weighted by Crippen LogP contribution is 2.38. The van der Waals surface area contributed by atoms with Crippen LogP contribution < -0.4 is 15.7 Å². The van der Waals surface area contributed by atoms with Crippen molar-refractivity contribution >= 4 is 40.6 Å². The van der Waals surface area contributed by atoms with E-state index in [1.807, 2.05) is 13.8 Å². The topological polar surface area (TPSA) is 117 Å². The number of anilines is 1. The number of ether oxygens (including phenoxy) is 1. The number of carboxylic acid groups (broad SMARTS) is 1. The zero-order valence-corrected chi connectivity index (χ0v) is 15.6. The Morgan fingerprint density at radius 1 is 1.31 bits per heavy atom. The molecule has 2 aromatic rings. The van der Waals surface area contributed by atoms with Gasteiger partial charge in [0, 0.05) is 11.6 Å². The summed E-state index contributed by atoms with van der Waals surface area (Å²) in [6.07, 6.45) is 0. The largest absolute Gasteiger partial charge is 0.477 e. The minimum absolute atomic E-state index is 0.0167. The predicted molar refractivity (Wildman–Crippen MR) is 99.9 cm³/mol. The average molecular weight is 399 g/mol. The number of rotatable bonds is 6. The number of halogens is 2. The van der Waals surface area contributed by atoms with Crippen LogP contribution in [-0.2, 0) is 4.79 Å². The first-order valence-electron chi connectivity index (χ1n) is 7.49. The number of hydrazone groups is 1. The van der Waals surface area contributed by atoms with Gasteiger partial charge in [0.25, 0.3) is 5.56 Å².